The van der Waals surface area contributed by atoms with Crippen molar-refractivity contribution >= 4 is 0 Å². The van der Waals surface area contributed by atoms with E-state index < -0.39 is 0 Å². The van der Waals surface area contributed by atoms with Crippen molar-refractivity contribution in [2.45, 2.75) is 32.5 Å². The van der Waals surface area contributed by atoms with Gasteiger partial charge in [0, 0.05) is 7.11 Å². The van der Waals surface area contributed by atoms with E-state index in [0.29, 0.717) is 11.8 Å². The van der Waals surface area contributed by atoms with Crippen LogP contribution in [0.15, 0.2) is 30.3 Å². The van der Waals surface area contributed by atoms with Crippen LogP contribution in [-0.4, -0.2) is 19.3 Å². The zero-order valence-electron chi connectivity index (χ0n) is 11.0. The van der Waals surface area contributed by atoms with Gasteiger partial charge in [0.2, 0.25) is 0 Å². The highest BCUT2D eigenvalue weighted by Gasteiger charge is 2.47. The van der Waals surface area contributed by atoms with Gasteiger partial charge in [-0.05, 0) is 37.7 Å². The summed E-state index contributed by atoms with van der Waals surface area (Å²) in [6.07, 6.45) is 1.23. The van der Waals surface area contributed by atoms with E-state index in [4.69, 9.17) is 9.47 Å². The first kappa shape index (κ1) is 12.6. The Bertz CT molecular complexity index is 345. The number of ether oxygens (including phenoxy) is 2. The summed E-state index contributed by atoms with van der Waals surface area (Å²) in [4.78, 5) is 0. The summed E-state index contributed by atoms with van der Waals surface area (Å²) in [5, 5.41) is 0. The van der Waals surface area contributed by atoms with Gasteiger partial charge in [-0.3, -0.25) is 0 Å². The summed E-state index contributed by atoms with van der Waals surface area (Å²) in [6, 6.07) is 10.3. The van der Waals surface area contributed by atoms with Crippen molar-refractivity contribution in [3.63, 3.8) is 0 Å². The smallest absolute Gasteiger partial charge is 0.0717 e. The van der Waals surface area contributed by atoms with Crippen molar-refractivity contribution in [1.82, 2.24) is 0 Å². The number of benzene rings is 1. The molecule has 0 aliphatic heterocycles. The first-order valence-electron chi connectivity index (χ1n) is 6.30. The first-order valence-corrected chi connectivity index (χ1v) is 6.30. The molecule has 0 N–H and O–H groups in total. The van der Waals surface area contributed by atoms with Crippen LogP contribution in [0, 0.1) is 11.8 Å². The van der Waals surface area contributed by atoms with Crippen LogP contribution in [0.25, 0.3) is 0 Å². The molecule has 1 aromatic rings. The van der Waals surface area contributed by atoms with Gasteiger partial charge in [0.25, 0.3) is 0 Å². The molecule has 2 atom stereocenters. The lowest BCUT2D eigenvalue weighted by Gasteiger charge is -2.23. The maximum atomic E-state index is 5.76. The zero-order valence-corrected chi connectivity index (χ0v) is 11.0. The highest BCUT2D eigenvalue weighted by atomic mass is 16.5. The van der Waals surface area contributed by atoms with Gasteiger partial charge >= 0.3 is 0 Å². The summed E-state index contributed by atoms with van der Waals surface area (Å²) in [5.41, 5.74) is 1.25. The Kier molecular flexibility index (Phi) is 3.85. The third kappa shape index (κ3) is 3.30. The molecule has 0 aromatic heterocycles. The minimum absolute atomic E-state index is 0.000767. The molecule has 0 saturated heterocycles. The molecule has 1 aliphatic carbocycles. The van der Waals surface area contributed by atoms with E-state index in [-0.39, 0.29) is 5.60 Å². The minimum Gasteiger partial charge on any atom is -0.379 e. The number of hydrogen-bond acceptors (Lipinski definition) is 2. The molecule has 17 heavy (non-hydrogen) atoms. The minimum atomic E-state index is 0.000767. The number of methoxy groups -OCH3 is 1. The molecule has 0 radical (unpaired) electrons. The Labute approximate surface area is 104 Å². The molecular formula is C15H22O2. The second-order valence-electron chi connectivity index (χ2n) is 5.41. The van der Waals surface area contributed by atoms with Crippen molar-refractivity contribution in [3.05, 3.63) is 35.9 Å². The second-order valence-corrected chi connectivity index (χ2v) is 5.41. The molecule has 0 amide bonds. The van der Waals surface area contributed by atoms with Crippen LogP contribution in [0.2, 0.25) is 0 Å². The predicted octanol–water partition coefficient (Wildman–Crippen LogP) is 3.26. The average molecular weight is 234 g/mol. The van der Waals surface area contributed by atoms with Crippen molar-refractivity contribution in [3.8, 4) is 0 Å². The van der Waals surface area contributed by atoms with Gasteiger partial charge in [-0.25, -0.2) is 0 Å². The van der Waals surface area contributed by atoms with E-state index >= 15 is 0 Å². The SMILES string of the molecule is COC(C)(C)[C@@H]1C[C@H]1COCc1ccccc1. The number of hydrogen-bond donors (Lipinski definition) is 0. The van der Waals surface area contributed by atoms with Crippen LogP contribution in [0.1, 0.15) is 25.8 Å². The Morgan fingerprint density at radius 2 is 1.94 bits per heavy atom. The summed E-state index contributed by atoms with van der Waals surface area (Å²) in [6.45, 7) is 5.90. The summed E-state index contributed by atoms with van der Waals surface area (Å²) in [5.74, 6) is 1.33. The van der Waals surface area contributed by atoms with E-state index in [1.165, 1.54) is 12.0 Å². The maximum Gasteiger partial charge on any atom is 0.0717 e. The molecule has 0 unspecified atom stereocenters. The quantitative estimate of drug-likeness (QED) is 0.752. The average Bonchev–Trinajstić information content (AvgIpc) is 3.11. The monoisotopic (exact) mass is 234 g/mol. The standard InChI is InChI=1S/C15H22O2/c1-15(2,16-3)14-9-13(14)11-17-10-12-7-5-4-6-8-12/h4-8,13-14H,9-11H2,1-3H3/t13-,14+/m0/s1. The van der Waals surface area contributed by atoms with Crippen LogP contribution in [0.5, 0.6) is 0 Å². The molecule has 0 bridgehead atoms. The van der Waals surface area contributed by atoms with E-state index in [9.17, 15) is 0 Å². The highest BCUT2D eigenvalue weighted by molar-refractivity contribution is 5.13. The van der Waals surface area contributed by atoms with E-state index in [1.54, 1.807) is 7.11 Å². The third-order valence-electron chi connectivity index (χ3n) is 3.79. The van der Waals surface area contributed by atoms with Gasteiger partial charge in [-0.1, -0.05) is 30.3 Å². The molecule has 0 heterocycles. The van der Waals surface area contributed by atoms with Crippen molar-refractivity contribution in [2.24, 2.45) is 11.8 Å². The van der Waals surface area contributed by atoms with Crippen molar-refractivity contribution in [1.29, 1.82) is 0 Å². The van der Waals surface area contributed by atoms with Crippen molar-refractivity contribution in [2.75, 3.05) is 13.7 Å². The number of rotatable bonds is 6. The van der Waals surface area contributed by atoms with Gasteiger partial charge in [-0.2, -0.15) is 0 Å². The van der Waals surface area contributed by atoms with Crippen LogP contribution >= 0.6 is 0 Å². The molecule has 2 nitrogen and oxygen atoms in total. The predicted molar refractivity (Wildman–Crippen MR) is 68.8 cm³/mol. The molecule has 2 rings (SSSR count). The van der Waals surface area contributed by atoms with Gasteiger partial charge in [-0.15, -0.1) is 0 Å². The Hall–Kier alpha value is -0.860. The summed E-state index contributed by atoms with van der Waals surface area (Å²) < 4.78 is 11.3. The normalized spacial score (nSPS) is 23.7. The Morgan fingerprint density at radius 1 is 1.24 bits per heavy atom. The fourth-order valence-corrected chi connectivity index (χ4v) is 2.34. The molecule has 1 fully saturated rings. The third-order valence-corrected chi connectivity index (χ3v) is 3.79. The second kappa shape index (κ2) is 5.19. The molecule has 1 aliphatic rings. The fraction of sp³-hybridized carbons (Fsp3) is 0.600. The lowest BCUT2D eigenvalue weighted by Crippen LogP contribution is -2.26. The lowest BCUT2D eigenvalue weighted by atomic mass is 10.0. The topological polar surface area (TPSA) is 18.5 Å². The van der Waals surface area contributed by atoms with E-state index in [1.807, 2.05) is 18.2 Å². The van der Waals surface area contributed by atoms with Crippen LogP contribution in [0.4, 0.5) is 0 Å². The zero-order chi connectivity index (χ0) is 12.3. The molecule has 1 aromatic carbocycles. The Balaban J connectivity index is 1.69. The molecule has 2 heteroatoms. The van der Waals surface area contributed by atoms with Gasteiger partial charge in [0.15, 0.2) is 0 Å². The van der Waals surface area contributed by atoms with Crippen molar-refractivity contribution < 1.29 is 9.47 Å². The van der Waals surface area contributed by atoms with Gasteiger partial charge in [0.05, 0.1) is 18.8 Å². The van der Waals surface area contributed by atoms with E-state index in [0.717, 1.165) is 13.2 Å². The molecule has 1 saturated carbocycles. The van der Waals surface area contributed by atoms with Gasteiger partial charge in [0.1, 0.15) is 0 Å². The van der Waals surface area contributed by atoms with Crippen LogP contribution in [-0.2, 0) is 16.1 Å². The fourth-order valence-electron chi connectivity index (χ4n) is 2.34. The largest absolute Gasteiger partial charge is 0.379 e. The summed E-state index contributed by atoms with van der Waals surface area (Å²) in [7, 11) is 1.79. The van der Waals surface area contributed by atoms with Crippen LogP contribution in [0.3, 0.4) is 0 Å². The molecule has 0 spiro atoms. The van der Waals surface area contributed by atoms with E-state index in [2.05, 4.69) is 26.0 Å². The molecule has 94 valence electrons. The van der Waals surface area contributed by atoms with Crippen LogP contribution < -0.4 is 0 Å². The summed E-state index contributed by atoms with van der Waals surface area (Å²) >= 11 is 0. The maximum absolute atomic E-state index is 5.76. The first-order chi connectivity index (χ1) is 8.13. The van der Waals surface area contributed by atoms with Gasteiger partial charge < -0.3 is 9.47 Å². The Morgan fingerprint density at radius 3 is 2.59 bits per heavy atom. The lowest BCUT2D eigenvalue weighted by molar-refractivity contribution is -0.00709. The molecular weight excluding hydrogens is 212 g/mol. The highest BCUT2D eigenvalue weighted by Crippen LogP contribution is 2.47.